The molecule has 2 aromatic heterocycles. The maximum absolute atomic E-state index is 14.5. The van der Waals surface area contributed by atoms with E-state index < -0.39 is 11.9 Å². The smallest absolute Gasteiger partial charge is 0.409 e. The molecule has 4 aromatic rings. The largest absolute Gasteiger partial charge is 0.449 e. The van der Waals surface area contributed by atoms with Crippen molar-refractivity contribution in [2.45, 2.75) is 70.8 Å². The van der Waals surface area contributed by atoms with Gasteiger partial charge >= 0.3 is 6.09 Å². The van der Waals surface area contributed by atoms with Crippen LogP contribution in [0.1, 0.15) is 77.6 Å². The first-order valence-electron chi connectivity index (χ1n) is 16.9. The molecule has 1 amide bonds. The molecule has 0 spiro atoms. The van der Waals surface area contributed by atoms with Gasteiger partial charge < -0.3 is 19.1 Å². The summed E-state index contributed by atoms with van der Waals surface area (Å²) in [6.07, 6.45) is 5.03. The van der Waals surface area contributed by atoms with Crippen LogP contribution in [0.4, 0.5) is 19.3 Å². The second kappa shape index (κ2) is 13.5. The zero-order chi connectivity index (χ0) is 33.4. The number of nitrogens with zero attached hydrogens (tertiary/aromatic N) is 5. The summed E-state index contributed by atoms with van der Waals surface area (Å²) in [7, 11) is 0. The lowest BCUT2D eigenvalue weighted by Gasteiger charge is -2.35. The van der Waals surface area contributed by atoms with E-state index in [0.717, 1.165) is 49.0 Å². The maximum atomic E-state index is 14.5. The number of aryl methyl sites for hydroxylation is 2. The lowest BCUT2D eigenvalue weighted by atomic mass is 9.87. The third-order valence-corrected chi connectivity index (χ3v) is 10.2. The number of aromatic nitrogens is 3. The number of rotatable bonds is 7. The van der Waals surface area contributed by atoms with Crippen LogP contribution in [0.5, 0.6) is 0 Å². The van der Waals surface area contributed by atoms with Crippen LogP contribution in [-0.4, -0.2) is 64.3 Å². The molecule has 2 aromatic carbocycles. The molecule has 3 aliphatic heterocycles. The van der Waals surface area contributed by atoms with E-state index in [0.29, 0.717) is 80.1 Å². The van der Waals surface area contributed by atoms with Crippen molar-refractivity contribution in [2.24, 2.45) is 5.92 Å². The quantitative estimate of drug-likeness (QED) is 0.224. The van der Waals surface area contributed by atoms with Crippen LogP contribution in [0.25, 0.3) is 11.0 Å². The Labute approximate surface area is 276 Å². The summed E-state index contributed by atoms with van der Waals surface area (Å²) >= 11 is 0. The molecule has 0 aliphatic carbocycles. The van der Waals surface area contributed by atoms with E-state index in [2.05, 4.69) is 10.1 Å². The highest BCUT2D eigenvalue weighted by Gasteiger charge is 2.32. The van der Waals surface area contributed by atoms with Crippen molar-refractivity contribution in [3.8, 4) is 0 Å². The number of hydrogen-bond donors (Lipinski definition) is 0. The Bertz CT molecular complexity index is 1910. The molecule has 252 valence electrons. The Morgan fingerprint density at radius 1 is 0.958 bits per heavy atom. The van der Waals surface area contributed by atoms with Crippen molar-refractivity contribution in [2.75, 3.05) is 37.7 Å². The van der Waals surface area contributed by atoms with Crippen LogP contribution in [0.15, 0.2) is 45.7 Å². The van der Waals surface area contributed by atoms with Crippen LogP contribution in [0.2, 0.25) is 0 Å². The average Bonchev–Trinajstić information content (AvgIpc) is 3.52. The fraction of sp³-hybridized carbons (Fsp3) is 0.472. The van der Waals surface area contributed by atoms with Crippen molar-refractivity contribution in [1.29, 1.82) is 0 Å². The SMILES string of the molecule is Cc1nc2n(c(=O)c1CCOC(=O)N1CCC(C(=O)c3ccc(F)cc3N3CCC(c4noc5cc(F)ccc45)CC3)CC1)CCCC2. The lowest BCUT2D eigenvalue weighted by Crippen LogP contribution is -2.41. The number of likely N-dealkylation sites (tertiary alicyclic amines) is 1. The number of hydrogen-bond acceptors (Lipinski definition) is 8. The topological polar surface area (TPSA) is 111 Å². The van der Waals surface area contributed by atoms with E-state index in [-0.39, 0.29) is 35.6 Å². The van der Waals surface area contributed by atoms with Gasteiger partial charge in [-0.25, -0.2) is 18.6 Å². The second-order valence-electron chi connectivity index (χ2n) is 13.1. The van der Waals surface area contributed by atoms with Gasteiger partial charge in [0.15, 0.2) is 11.4 Å². The molecular formula is C36H39F2N5O5. The van der Waals surface area contributed by atoms with Crippen LogP contribution in [0, 0.1) is 24.5 Å². The normalized spacial score (nSPS) is 17.5. The standard InChI is InChI=1S/C36H39F2N5O5/c1-22-27(35(45)43-14-3-2-4-32(43)39-22)13-19-47-36(46)42-17-11-24(12-18-42)34(44)28-7-5-25(37)20-30(28)41-15-9-23(10-16-41)33-29-8-6-26(38)21-31(29)48-40-33/h5-8,20-21,23-24H,2-4,9-19H2,1H3. The summed E-state index contributed by atoms with van der Waals surface area (Å²) in [6.45, 7) is 4.52. The molecule has 0 radical (unpaired) electrons. The molecule has 0 saturated carbocycles. The number of ketones is 1. The van der Waals surface area contributed by atoms with E-state index in [1.807, 2.05) is 11.8 Å². The molecule has 10 nitrogen and oxygen atoms in total. The zero-order valence-electron chi connectivity index (χ0n) is 27.1. The van der Waals surface area contributed by atoms with Gasteiger partial charge in [0.25, 0.3) is 5.56 Å². The molecule has 5 heterocycles. The van der Waals surface area contributed by atoms with Gasteiger partial charge in [0.1, 0.15) is 17.5 Å². The van der Waals surface area contributed by atoms with E-state index >= 15 is 0 Å². The molecule has 3 aliphatic rings. The van der Waals surface area contributed by atoms with E-state index in [1.54, 1.807) is 21.6 Å². The predicted octanol–water partition coefficient (Wildman–Crippen LogP) is 5.97. The monoisotopic (exact) mass is 659 g/mol. The first-order valence-corrected chi connectivity index (χ1v) is 16.9. The average molecular weight is 660 g/mol. The van der Waals surface area contributed by atoms with Gasteiger partial charge in [-0.2, -0.15) is 0 Å². The number of carbonyl (C=O) groups excluding carboxylic acids is 2. The van der Waals surface area contributed by atoms with Gasteiger partial charge in [0, 0.05) is 85.7 Å². The number of ether oxygens (including phenoxy) is 1. The van der Waals surface area contributed by atoms with Crippen molar-refractivity contribution in [3.63, 3.8) is 0 Å². The van der Waals surface area contributed by atoms with Crippen molar-refractivity contribution >= 4 is 28.5 Å². The first kappa shape index (κ1) is 32.0. The summed E-state index contributed by atoms with van der Waals surface area (Å²) in [5, 5.41) is 5.02. The minimum Gasteiger partial charge on any atom is -0.449 e. The summed E-state index contributed by atoms with van der Waals surface area (Å²) in [5.74, 6) is -0.213. The van der Waals surface area contributed by atoms with Crippen LogP contribution < -0.4 is 10.5 Å². The Morgan fingerprint density at radius 2 is 1.71 bits per heavy atom. The van der Waals surface area contributed by atoms with Gasteiger partial charge in [0.05, 0.1) is 18.0 Å². The Morgan fingerprint density at radius 3 is 2.50 bits per heavy atom. The highest BCUT2D eigenvalue weighted by molar-refractivity contribution is 6.03. The summed E-state index contributed by atoms with van der Waals surface area (Å²) in [6, 6.07) is 8.74. The molecule has 48 heavy (non-hydrogen) atoms. The van der Waals surface area contributed by atoms with Crippen molar-refractivity contribution < 1.29 is 27.6 Å². The molecule has 2 fully saturated rings. The fourth-order valence-electron chi connectivity index (χ4n) is 7.49. The molecular weight excluding hydrogens is 620 g/mol. The zero-order valence-corrected chi connectivity index (χ0v) is 27.1. The number of benzene rings is 2. The Balaban J connectivity index is 0.939. The number of halogens is 2. The van der Waals surface area contributed by atoms with E-state index in [1.165, 1.54) is 24.3 Å². The van der Waals surface area contributed by atoms with E-state index in [4.69, 9.17) is 9.26 Å². The third-order valence-electron chi connectivity index (χ3n) is 10.2. The molecule has 0 unspecified atom stereocenters. The lowest BCUT2D eigenvalue weighted by molar-refractivity contribution is 0.0741. The Hall–Kier alpha value is -4.61. The highest BCUT2D eigenvalue weighted by Crippen LogP contribution is 2.36. The van der Waals surface area contributed by atoms with Gasteiger partial charge in [-0.3, -0.25) is 14.2 Å². The van der Waals surface area contributed by atoms with Crippen molar-refractivity contribution in [3.05, 3.63) is 86.7 Å². The predicted molar refractivity (Wildman–Crippen MR) is 174 cm³/mol. The minimum absolute atomic E-state index is 0.0430. The van der Waals surface area contributed by atoms with Gasteiger partial charge in [0.2, 0.25) is 0 Å². The molecule has 0 bridgehead atoms. The highest BCUT2D eigenvalue weighted by atomic mass is 19.1. The molecule has 2 saturated heterocycles. The summed E-state index contributed by atoms with van der Waals surface area (Å²) in [5.41, 5.74) is 3.51. The molecule has 12 heteroatoms. The molecule has 7 rings (SSSR count). The number of carbonyl (C=O) groups is 2. The van der Waals surface area contributed by atoms with Gasteiger partial charge in [-0.15, -0.1) is 0 Å². The van der Waals surface area contributed by atoms with Crippen molar-refractivity contribution in [1.82, 2.24) is 19.6 Å². The summed E-state index contributed by atoms with van der Waals surface area (Å²) in [4.78, 5) is 47.9. The van der Waals surface area contributed by atoms with E-state index in [9.17, 15) is 23.2 Å². The number of amides is 1. The fourth-order valence-corrected chi connectivity index (χ4v) is 7.49. The van der Waals surface area contributed by atoms with Crippen LogP contribution >= 0.6 is 0 Å². The first-order chi connectivity index (χ1) is 23.3. The van der Waals surface area contributed by atoms with Crippen LogP contribution in [0.3, 0.4) is 0 Å². The van der Waals surface area contributed by atoms with Gasteiger partial charge in [-0.05, 0) is 75.8 Å². The number of anilines is 1. The minimum atomic E-state index is -0.458. The summed E-state index contributed by atoms with van der Waals surface area (Å²) < 4.78 is 40.8. The second-order valence-corrected chi connectivity index (χ2v) is 13.1. The third kappa shape index (κ3) is 6.32. The Kier molecular flexibility index (Phi) is 8.98. The number of fused-ring (bicyclic) bond motifs is 2. The molecule has 0 atom stereocenters. The number of piperidine rings is 2. The molecule has 0 N–H and O–H groups in total. The van der Waals surface area contributed by atoms with Crippen LogP contribution in [-0.2, 0) is 24.1 Å². The maximum Gasteiger partial charge on any atom is 0.409 e. The number of Topliss-reactive ketones (excluding diaryl/α,β-unsaturated/α-hetero) is 1. The van der Waals surface area contributed by atoms with Gasteiger partial charge in [-0.1, -0.05) is 5.16 Å².